The van der Waals surface area contributed by atoms with E-state index in [0.29, 0.717) is 22.3 Å². The van der Waals surface area contributed by atoms with Gasteiger partial charge in [0.25, 0.3) is 5.91 Å². The number of carbonyl (C=O) groups excluding carboxylic acids is 1. The average molecular weight is 416 g/mol. The molecule has 0 unspecified atom stereocenters. The zero-order valence-corrected chi connectivity index (χ0v) is 17.4. The quantitative estimate of drug-likeness (QED) is 0.631. The van der Waals surface area contributed by atoms with Crippen LogP contribution in [-0.2, 0) is 11.4 Å². The van der Waals surface area contributed by atoms with E-state index in [2.05, 4.69) is 24.1 Å². The highest BCUT2D eigenvalue weighted by atomic mass is 35.5. The molecule has 1 fully saturated rings. The summed E-state index contributed by atoms with van der Waals surface area (Å²) < 4.78 is 6.11. The standard InChI is InChI=1S/C21H22ClN3O2S/c1-3-25(4-2)17-10-7-15(11-19-20(26)24-21(23)28-19)18(12-17)27-13-14-5-8-16(22)9-6-14/h5-12H,3-4,13H2,1-2H3,(H2,23,24,26). The molecule has 28 heavy (non-hydrogen) atoms. The molecule has 0 saturated carbocycles. The van der Waals surface area contributed by atoms with Crippen molar-refractivity contribution in [2.24, 2.45) is 0 Å². The largest absolute Gasteiger partial charge is 0.488 e. The highest BCUT2D eigenvalue weighted by molar-refractivity contribution is 8.18. The van der Waals surface area contributed by atoms with Gasteiger partial charge in [-0.25, -0.2) is 0 Å². The first-order chi connectivity index (χ1) is 13.5. The number of anilines is 1. The van der Waals surface area contributed by atoms with Crippen LogP contribution >= 0.6 is 23.4 Å². The third-order valence-corrected chi connectivity index (χ3v) is 5.46. The Balaban J connectivity index is 1.91. The van der Waals surface area contributed by atoms with Crippen molar-refractivity contribution in [1.29, 1.82) is 5.41 Å². The van der Waals surface area contributed by atoms with Crippen molar-refractivity contribution in [2.45, 2.75) is 20.5 Å². The minimum atomic E-state index is -0.258. The van der Waals surface area contributed by atoms with E-state index in [-0.39, 0.29) is 11.1 Å². The molecule has 2 aromatic rings. The summed E-state index contributed by atoms with van der Waals surface area (Å²) in [6.07, 6.45) is 1.77. The summed E-state index contributed by atoms with van der Waals surface area (Å²) in [5.41, 5.74) is 2.87. The van der Waals surface area contributed by atoms with Gasteiger partial charge in [-0.15, -0.1) is 0 Å². The average Bonchev–Trinajstić information content (AvgIpc) is 3.00. The predicted molar refractivity (Wildman–Crippen MR) is 117 cm³/mol. The van der Waals surface area contributed by atoms with Crippen molar-refractivity contribution in [3.05, 3.63) is 63.5 Å². The van der Waals surface area contributed by atoms with E-state index in [1.165, 1.54) is 0 Å². The second-order valence-electron chi connectivity index (χ2n) is 6.20. The summed E-state index contributed by atoms with van der Waals surface area (Å²) in [7, 11) is 0. The number of rotatable bonds is 7. The second-order valence-corrected chi connectivity index (χ2v) is 7.69. The first-order valence-corrected chi connectivity index (χ1v) is 10.2. The van der Waals surface area contributed by atoms with E-state index in [4.69, 9.17) is 21.7 Å². The molecule has 0 radical (unpaired) electrons. The van der Waals surface area contributed by atoms with Gasteiger partial charge in [-0.05, 0) is 61.5 Å². The normalized spacial score (nSPS) is 15.0. The molecule has 0 atom stereocenters. The Labute approximate surface area is 174 Å². The summed E-state index contributed by atoms with van der Waals surface area (Å²) in [5.74, 6) is 0.435. The van der Waals surface area contributed by atoms with Gasteiger partial charge in [0, 0.05) is 35.4 Å². The molecule has 0 spiro atoms. The van der Waals surface area contributed by atoms with Gasteiger partial charge in [0.15, 0.2) is 5.17 Å². The predicted octanol–water partition coefficient (Wildman–Crippen LogP) is 4.90. The monoisotopic (exact) mass is 415 g/mol. The first-order valence-electron chi connectivity index (χ1n) is 9.05. The molecule has 0 aromatic heterocycles. The van der Waals surface area contributed by atoms with Crippen molar-refractivity contribution in [3.63, 3.8) is 0 Å². The van der Waals surface area contributed by atoms with Crippen molar-refractivity contribution in [3.8, 4) is 5.75 Å². The molecule has 2 N–H and O–H groups in total. The molecule has 1 heterocycles. The van der Waals surface area contributed by atoms with Crippen LogP contribution in [0.1, 0.15) is 25.0 Å². The molecule has 1 saturated heterocycles. The summed E-state index contributed by atoms with van der Waals surface area (Å²) >= 11 is 7.07. The Morgan fingerprint density at radius 1 is 1.18 bits per heavy atom. The lowest BCUT2D eigenvalue weighted by Crippen LogP contribution is -2.21. The zero-order chi connectivity index (χ0) is 20.1. The number of nitrogens with one attached hydrogen (secondary N) is 2. The topological polar surface area (TPSA) is 65.4 Å². The van der Waals surface area contributed by atoms with E-state index >= 15 is 0 Å². The Morgan fingerprint density at radius 3 is 2.50 bits per heavy atom. The van der Waals surface area contributed by atoms with Crippen molar-refractivity contribution >= 4 is 46.2 Å². The minimum absolute atomic E-state index is 0.139. The number of ether oxygens (including phenoxy) is 1. The summed E-state index contributed by atoms with van der Waals surface area (Å²) in [6, 6.07) is 13.5. The van der Waals surface area contributed by atoms with Crippen LogP contribution in [0.2, 0.25) is 5.02 Å². The number of amides is 1. The first kappa shape index (κ1) is 20.3. The maximum atomic E-state index is 12.0. The van der Waals surface area contributed by atoms with E-state index < -0.39 is 0 Å². The Hall–Kier alpha value is -2.44. The molecular formula is C21H22ClN3O2S. The smallest absolute Gasteiger partial charge is 0.264 e. The van der Waals surface area contributed by atoms with Gasteiger partial charge in [0.2, 0.25) is 0 Å². The van der Waals surface area contributed by atoms with Gasteiger partial charge in [-0.3, -0.25) is 10.2 Å². The van der Waals surface area contributed by atoms with E-state index in [1.54, 1.807) is 6.08 Å². The maximum absolute atomic E-state index is 12.0. The molecule has 0 bridgehead atoms. The molecule has 1 aliphatic rings. The highest BCUT2D eigenvalue weighted by Gasteiger charge is 2.23. The Kier molecular flexibility index (Phi) is 6.65. The van der Waals surface area contributed by atoms with Crippen LogP contribution in [0.3, 0.4) is 0 Å². The van der Waals surface area contributed by atoms with Crippen molar-refractivity contribution in [2.75, 3.05) is 18.0 Å². The molecule has 1 amide bonds. The SMILES string of the molecule is CCN(CC)c1ccc(C=C2SC(=N)NC2=O)c(OCc2ccc(Cl)cc2)c1. The van der Waals surface area contributed by atoms with Gasteiger partial charge < -0.3 is 15.0 Å². The zero-order valence-electron chi connectivity index (χ0n) is 15.8. The van der Waals surface area contributed by atoms with Crippen LogP contribution in [0, 0.1) is 5.41 Å². The molecular weight excluding hydrogens is 394 g/mol. The summed E-state index contributed by atoms with van der Waals surface area (Å²) in [4.78, 5) is 14.7. The van der Waals surface area contributed by atoms with Crippen LogP contribution in [0.4, 0.5) is 5.69 Å². The molecule has 0 aliphatic carbocycles. The van der Waals surface area contributed by atoms with Crippen molar-refractivity contribution in [1.82, 2.24) is 5.32 Å². The number of benzene rings is 2. The van der Waals surface area contributed by atoms with Gasteiger partial charge in [-0.1, -0.05) is 23.7 Å². The third-order valence-electron chi connectivity index (χ3n) is 4.38. The fraction of sp³-hybridized carbons (Fsp3) is 0.238. The van der Waals surface area contributed by atoms with E-state index in [1.807, 2.05) is 42.5 Å². The molecule has 1 aliphatic heterocycles. The van der Waals surface area contributed by atoms with Gasteiger partial charge >= 0.3 is 0 Å². The van der Waals surface area contributed by atoms with Crippen LogP contribution in [0.15, 0.2) is 47.4 Å². The Bertz CT molecular complexity index is 908. The molecule has 2 aromatic carbocycles. The molecule has 7 heteroatoms. The number of carbonyl (C=O) groups is 1. The number of hydrogen-bond acceptors (Lipinski definition) is 5. The lowest BCUT2D eigenvalue weighted by molar-refractivity contribution is -0.115. The third kappa shape index (κ3) is 4.88. The van der Waals surface area contributed by atoms with Crippen LogP contribution < -0.4 is 15.0 Å². The summed E-state index contributed by atoms with van der Waals surface area (Å²) in [5, 5.41) is 10.9. The molecule has 146 valence electrons. The fourth-order valence-corrected chi connectivity index (χ4v) is 3.70. The molecule has 3 rings (SSSR count). The number of amidine groups is 1. The van der Waals surface area contributed by atoms with Crippen LogP contribution in [-0.4, -0.2) is 24.2 Å². The van der Waals surface area contributed by atoms with E-state index in [0.717, 1.165) is 41.7 Å². The van der Waals surface area contributed by atoms with Gasteiger partial charge in [0.05, 0.1) is 4.91 Å². The maximum Gasteiger partial charge on any atom is 0.264 e. The van der Waals surface area contributed by atoms with Gasteiger partial charge in [-0.2, -0.15) is 0 Å². The fourth-order valence-electron chi connectivity index (χ4n) is 2.88. The van der Waals surface area contributed by atoms with Gasteiger partial charge in [0.1, 0.15) is 12.4 Å². The Morgan fingerprint density at radius 2 is 1.89 bits per heavy atom. The minimum Gasteiger partial charge on any atom is -0.488 e. The van der Waals surface area contributed by atoms with Crippen molar-refractivity contribution < 1.29 is 9.53 Å². The van der Waals surface area contributed by atoms with Crippen LogP contribution in [0.5, 0.6) is 5.75 Å². The number of halogens is 1. The number of thioether (sulfide) groups is 1. The number of hydrogen-bond donors (Lipinski definition) is 2. The highest BCUT2D eigenvalue weighted by Crippen LogP contribution is 2.32. The van der Waals surface area contributed by atoms with E-state index in [9.17, 15) is 4.79 Å². The number of nitrogens with zero attached hydrogens (tertiary/aromatic N) is 1. The lowest BCUT2D eigenvalue weighted by Gasteiger charge is -2.22. The summed E-state index contributed by atoms with van der Waals surface area (Å²) in [6.45, 7) is 6.40. The molecule has 5 nitrogen and oxygen atoms in total. The van der Waals surface area contributed by atoms with Crippen LogP contribution in [0.25, 0.3) is 6.08 Å². The lowest BCUT2D eigenvalue weighted by atomic mass is 10.1. The second kappa shape index (κ2) is 9.17.